The van der Waals surface area contributed by atoms with E-state index in [1.165, 1.54) is 5.56 Å². The van der Waals surface area contributed by atoms with Gasteiger partial charge in [-0.25, -0.2) is 0 Å². The van der Waals surface area contributed by atoms with Crippen LogP contribution in [0.5, 0.6) is 0 Å². The highest BCUT2D eigenvalue weighted by Gasteiger charge is 2.01. The van der Waals surface area contributed by atoms with Gasteiger partial charge in [0.05, 0.1) is 0 Å². The van der Waals surface area contributed by atoms with Crippen molar-refractivity contribution in [2.24, 2.45) is 5.73 Å². The first kappa shape index (κ1) is 11.0. The Balaban J connectivity index is 2.51. The molecule has 0 aliphatic heterocycles. The highest BCUT2D eigenvalue weighted by Crippen LogP contribution is 2.11. The quantitative estimate of drug-likeness (QED) is 0.764. The summed E-state index contributed by atoms with van der Waals surface area (Å²) in [6.45, 7) is 6.54. The summed E-state index contributed by atoms with van der Waals surface area (Å²) in [4.78, 5) is 2.18. The number of nitrogens with two attached hydrogens (primary N) is 1. The molecule has 0 spiro atoms. The summed E-state index contributed by atoms with van der Waals surface area (Å²) in [6.07, 6.45) is 0. The number of likely N-dealkylation sites (N-methyl/N-ethyl adjacent to an activating group) is 1. The van der Waals surface area contributed by atoms with Crippen LogP contribution < -0.4 is 5.73 Å². The molecule has 0 aliphatic carbocycles. The van der Waals surface area contributed by atoms with Crippen LogP contribution in [-0.2, 0) is 0 Å². The van der Waals surface area contributed by atoms with Crippen LogP contribution in [0, 0.1) is 0 Å². The second-order valence-electron chi connectivity index (χ2n) is 3.50. The van der Waals surface area contributed by atoms with Gasteiger partial charge in [-0.1, -0.05) is 36.9 Å². The van der Waals surface area contributed by atoms with E-state index < -0.39 is 0 Å². The maximum absolute atomic E-state index is 5.47. The van der Waals surface area contributed by atoms with Gasteiger partial charge in [-0.2, -0.15) is 0 Å². The molecule has 0 saturated heterocycles. The van der Waals surface area contributed by atoms with Gasteiger partial charge in [-0.05, 0) is 18.2 Å². The van der Waals surface area contributed by atoms with Gasteiger partial charge in [0.15, 0.2) is 0 Å². The Bertz CT molecular complexity index is 280. The van der Waals surface area contributed by atoms with E-state index in [0.717, 1.165) is 18.7 Å². The molecule has 76 valence electrons. The molecule has 0 fully saturated rings. The summed E-state index contributed by atoms with van der Waals surface area (Å²) in [5, 5.41) is 0. The van der Waals surface area contributed by atoms with Crippen molar-refractivity contribution in [2.75, 3.05) is 26.7 Å². The van der Waals surface area contributed by atoms with Gasteiger partial charge >= 0.3 is 0 Å². The van der Waals surface area contributed by atoms with Crippen LogP contribution in [0.4, 0.5) is 0 Å². The summed E-state index contributed by atoms with van der Waals surface area (Å²) in [5.41, 5.74) is 7.82. The molecule has 0 heterocycles. The smallest absolute Gasteiger partial charge is 0.0231 e. The average Bonchev–Trinajstić information content (AvgIpc) is 2.19. The Morgan fingerprint density at radius 1 is 1.36 bits per heavy atom. The summed E-state index contributed by atoms with van der Waals surface area (Å²) >= 11 is 0. The normalized spacial score (nSPS) is 10.5. The van der Waals surface area contributed by atoms with Crippen molar-refractivity contribution < 1.29 is 0 Å². The van der Waals surface area contributed by atoms with Crippen LogP contribution in [0.15, 0.2) is 36.9 Å². The van der Waals surface area contributed by atoms with E-state index in [9.17, 15) is 0 Å². The number of hydrogen-bond donors (Lipinski definition) is 1. The summed E-state index contributed by atoms with van der Waals surface area (Å²) in [5.74, 6) is 0. The lowest BCUT2D eigenvalue weighted by Crippen LogP contribution is -2.26. The van der Waals surface area contributed by atoms with Crippen molar-refractivity contribution in [3.8, 4) is 0 Å². The standard InChI is InChI=1S/C12H18N2/c1-11(10-14(2)9-8-13)12-6-4-3-5-7-12/h3-7H,1,8-10,13H2,2H3. The third kappa shape index (κ3) is 3.32. The minimum atomic E-state index is 0.693. The van der Waals surface area contributed by atoms with Gasteiger partial charge in [0.2, 0.25) is 0 Å². The van der Waals surface area contributed by atoms with Crippen molar-refractivity contribution in [2.45, 2.75) is 0 Å². The molecule has 1 rings (SSSR count). The van der Waals surface area contributed by atoms with Crippen LogP contribution in [0.1, 0.15) is 5.56 Å². The molecule has 0 aliphatic rings. The van der Waals surface area contributed by atoms with Gasteiger partial charge in [-0.15, -0.1) is 0 Å². The lowest BCUT2D eigenvalue weighted by atomic mass is 10.1. The van der Waals surface area contributed by atoms with Crippen molar-refractivity contribution in [1.29, 1.82) is 0 Å². The van der Waals surface area contributed by atoms with E-state index in [2.05, 4.69) is 30.7 Å². The Morgan fingerprint density at radius 2 is 2.00 bits per heavy atom. The second-order valence-corrected chi connectivity index (χ2v) is 3.50. The van der Waals surface area contributed by atoms with Crippen LogP contribution in [0.2, 0.25) is 0 Å². The molecule has 0 bridgehead atoms. The number of hydrogen-bond acceptors (Lipinski definition) is 2. The lowest BCUT2D eigenvalue weighted by molar-refractivity contribution is 0.386. The Hall–Kier alpha value is -1.12. The molecule has 0 saturated carbocycles. The van der Waals surface area contributed by atoms with Crippen molar-refractivity contribution in [1.82, 2.24) is 4.90 Å². The minimum Gasteiger partial charge on any atom is -0.329 e. The van der Waals surface area contributed by atoms with Crippen LogP contribution in [0.25, 0.3) is 5.57 Å². The van der Waals surface area contributed by atoms with E-state index in [1.54, 1.807) is 0 Å². The van der Waals surface area contributed by atoms with Crippen LogP contribution >= 0.6 is 0 Å². The third-order valence-electron chi connectivity index (χ3n) is 2.15. The molecule has 0 atom stereocenters. The van der Waals surface area contributed by atoms with E-state index in [1.807, 2.05) is 18.2 Å². The van der Waals surface area contributed by atoms with Crippen molar-refractivity contribution in [3.63, 3.8) is 0 Å². The molecule has 1 aromatic rings. The van der Waals surface area contributed by atoms with Crippen LogP contribution in [0.3, 0.4) is 0 Å². The summed E-state index contributed by atoms with van der Waals surface area (Å²) < 4.78 is 0. The van der Waals surface area contributed by atoms with Crippen molar-refractivity contribution >= 4 is 5.57 Å². The fourth-order valence-corrected chi connectivity index (χ4v) is 1.39. The Labute approximate surface area is 86.0 Å². The second kappa shape index (κ2) is 5.58. The average molecular weight is 190 g/mol. The zero-order chi connectivity index (χ0) is 10.4. The molecule has 1 aromatic carbocycles. The Morgan fingerprint density at radius 3 is 2.57 bits per heavy atom. The summed E-state index contributed by atoms with van der Waals surface area (Å²) in [6, 6.07) is 10.2. The molecular formula is C12H18N2. The molecule has 2 heteroatoms. The zero-order valence-electron chi connectivity index (χ0n) is 8.74. The van der Waals surface area contributed by atoms with E-state index in [4.69, 9.17) is 5.73 Å². The maximum Gasteiger partial charge on any atom is 0.0231 e. The van der Waals surface area contributed by atoms with Gasteiger partial charge in [0, 0.05) is 19.6 Å². The van der Waals surface area contributed by atoms with Gasteiger partial charge in [0.25, 0.3) is 0 Å². The molecule has 2 nitrogen and oxygen atoms in total. The largest absolute Gasteiger partial charge is 0.329 e. The van der Waals surface area contributed by atoms with Gasteiger partial charge in [-0.3, -0.25) is 0 Å². The summed E-state index contributed by atoms with van der Waals surface area (Å²) in [7, 11) is 2.06. The molecule has 0 amide bonds. The Kier molecular flexibility index (Phi) is 4.36. The van der Waals surface area contributed by atoms with Crippen molar-refractivity contribution in [3.05, 3.63) is 42.5 Å². The monoisotopic (exact) mass is 190 g/mol. The number of benzene rings is 1. The fourth-order valence-electron chi connectivity index (χ4n) is 1.39. The molecule has 0 radical (unpaired) electrons. The first-order chi connectivity index (χ1) is 6.74. The van der Waals surface area contributed by atoms with Gasteiger partial charge in [0.1, 0.15) is 0 Å². The highest BCUT2D eigenvalue weighted by atomic mass is 15.1. The van der Waals surface area contributed by atoms with E-state index in [0.29, 0.717) is 6.54 Å². The molecule has 0 unspecified atom stereocenters. The fraction of sp³-hybridized carbons (Fsp3) is 0.333. The topological polar surface area (TPSA) is 29.3 Å². The molecule has 14 heavy (non-hydrogen) atoms. The SMILES string of the molecule is C=C(CN(C)CCN)c1ccccc1. The highest BCUT2D eigenvalue weighted by molar-refractivity contribution is 5.64. The molecular weight excluding hydrogens is 172 g/mol. The predicted octanol–water partition coefficient (Wildman–Crippen LogP) is 1.59. The van der Waals surface area contributed by atoms with E-state index in [-0.39, 0.29) is 0 Å². The zero-order valence-corrected chi connectivity index (χ0v) is 8.74. The number of nitrogens with zero attached hydrogens (tertiary/aromatic N) is 1. The first-order valence-electron chi connectivity index (χ1n) is 4.86. The minimum absolute atomic E-state index is 0.693. The predicted molar refractivity (Wildman–Crippen MR) is 62.0 cm³/mol. The molecule has 2 N–H and O–H groups in total. The molecule has 0 aromatic heterocycles. The van der Waals surface area contributed by atoms with E-state index >= 15 is 0 Å². The maximum atomic E-state index is 5.47. The van der Waals surface area contributed by atoms with Gasteiger partial charge < -0.3 is 10.6 Å². The van der Waals surface area contributed by atoms with Crippen LogP contribution in [-0.4, -0.2) is 31.6 Å². The first-order valence-corrected chi connectivity index (χ1v) is 4.86. The third-order valence-corrected chi connectivity index (χ3v) is 2.15. The lowest BCUT2D eigenvalue weighted by Gasteiger charge is -2.16. The number of rotatable bonds is 5.